The second-order valence-electron chi connectivity index (χ2n) is 3.55. The van der Waals surface area contributed by atoms with Crippen LogP contribution in [0.4, 0.5) is 0 Å². The molecule has 0 aliphatic carbocycles. The Labute approximate surface area is 67.6 Å². The molecule has 0 amide bonds. The second-order valence-corrected chi connectivity index (χ2v) is 3.55. The van der Waals surface area contributed by atoms with Gasteiger partial charge < -0.3 is 10.8 Å². The van der Waals surface area contributed by atoms with Crippen LogP contribution in [0.15, 0.2) is 0 Å². The summed E-state index contributed by atoms with van der Waals surface area (Å²) in [6.07, 6.45) is 1.81. The van der Waals surface area contributed by atoms with Crippen LogP contribution in [0.1, 0.15) is 33.6 Å². The molecule has 0 aliphatic rings. The van der Waals surface area contributed by atoms with E-state index in [1.807, 2.05) is 20.8 Å². The molecule has 0 saturated carbocycles. The molecule has 0 bridgehead atoms. The Morgan fingerprint density at radius 1 is 1.64 bits per heavy atom. The van der Waals surface area contributed by atoms with Gasteiger partial charge in [-0.3, -0.25) is 4.79 Å². The maximum Gasteiger partial charge on any atom is 0.321 e. The summed E-state index contributed by atoms with van der Waals surface area (Å²) < 4.78 is 0. The minimum atomic E-state index is -0.913. The van der Waals surface area contributed by atoms with Gasteiger partial charge in [0, 0.05) is 0 Å². The highest BCUT2D eigenvalue weighted by molar-refractivity contribution is 5.74. The van der Waals surface area contributed by atoms with Crippen LogP contribution in [0.5, 0.6) is 0 Å². The lowest BCUT2D eigenvalue weighted by Gasteiger charge is -2.27. The van der Waals surface area contributed by atoms with E-state index in [1.54, 1.807) is 0 Å². The Bertz CT molecular complexity index is 143. The van der Waals surface area contributed by atoms with E-state index < -0.39 is 12.0 Å². The lowest BCUT2D eigenvalue weighted by atomic mass is 9.81. The lowest BCUT2D eigenvalue weighted by Crippen LogP contribution is -2.43. The fourth-order valence-electron chi connectivity index (χ4n) is 1.13. The molecule has 0 saturated heterocycles. The molecule has 0 aromatic heterocycles. The van der Waals surface area contributed by atoms with Gasteiger partial charge in [0.2, 0.25) is 0 Å². The van der Waals surface area contributed by atoms with Crippen molar-refractivity contribution in [2.75, 3.05) is 0 Å². The average Bonchev–Trinajstić information content (AvgIpc) is 1.86. The van der Waals surface area contributed by atoms with E-state index >= 15 is 0 Å². The van der Waals surface area contributed by atoms with Gasteiger partial charge in [-0.05, 0) is 11.8 Å². The van der Waals surface area contributed by atoms with E-state index in [4.69, 9.17) is 10.8 Å². The van der Waals surface area contributed by atoms with Gasteiger partial charge in [-0.25, -0.2) is 0 Å². The zero-order chi connectivity index (χ0) is 9.07. The molecule has 0 aromatic rings. The average molecular weight is 159 g/mol. The maximum absolute atomic E-state index is 10.5. The van der Waals surface area contributed by atoms with Gasteiger partial charge in [0.25, 0.3) is 0 Å². The summed E-state index contributed by atoms with van der Waals surface area (Å²) in [5.41, 5.74) is 5.19. The molecule has 0 aliphatic heterocycles. The number of carbonyl (C=O) groups is 1. The van der Waals surface area contributed by atoms with Gasteiger partial charge in [0.15, 0.2) is 0 Å². The van der Waals surface area contributed by atoms with E-state index in [2.05, 4.69) is 0 Å². The third-order valence-electron chi connectivity index (χ3n) is 2.00. The van der Waals surface area contributed by atoms with Crippen molar-refractivity contribution < 1.29 is 9.90 Å². The van der Waals surface area contributed by atoms with Gasteiger partial charge in [-0.2, -0.15) is 0 Å². The minimum absolute atomic E-state index is 0.291. The quantitative estimate of drug-likeness (QED) is 0.648. The first-order chi connectivity index (χ1) is 4.91. The number of hydrogen-bond donors (Lipinski definition) is 2. The minimum Gasteiger partial charge on any atom is -0.480 e. The summed E-state index contributed by atoms with van der Waals surface area (Å²) in [7, 11) is 0. The number of hydrogen-bond acceptors (Lipinski definition) is 2. The molecule has 0 rings (SSSR count). The van der Waals surface area contributed by atoms with Crippen LogP contribution in [-0.4, -0.2) is 17.1 Å². The number of aliphatic carboxylic acids is 1. The van der Waals surface area contributed by atoms with E-state index in [-0.39, 0.29) is 5.41 Å². The summed E-state index contributed by atoms with van der Waals surface area (Å²) in [4.78, 5) is 10.5. The first-order valence-corrected chi connectivity index (χ1v) is 3.90. The molecular formula is C8H17NO2. The summed E-state index contributed by atoms with van der Waals surface area (Å²) in [6, 6.07) is -0.748. The molecular weight excluding hydrogens is 142 g/mol. The van der Waals surface area contributed by atoms with Crippen molar-refractivity contribution in [1.29, 1.82) is 0 Å². The van der Waals surface area contributed by atoms with Crippen molar-refractivity contribution in [2.24, 2.45) is 11.1 Å². The SMILES string of the molecule is CCCC(C)(C)C(N)C(=O)O. The second kappa shape index (κ2) is 3.72. The molecule has 3 N–H and O–H groups in total. The Morgan fingerprint density at radius 2 is 2.09 bits per heavy atom. The monoisotopic (exact) mass is 159 g/mol. The summed E-state index contributed by atoms with van der Waals surface area (Å²) in [5.74, 6) is -0.913. The van der Waals surface area contributed by atoms with E-state index in [9.17, 15) is 4.79 Å². The highest BCUT2D eigenvalue weighted by Crippen LogP contribution is 2.25. The van der Waals surface area contributed by atoms with Crippen LogP contribution < -0.4 is 5.73 Å². The fraction of sp³-hybridized carbons (Fsp3) is 0.875. The molecule has 1 unspecified atom stereocenters. The predicted molar refractivity (Wildman–Crippen MR) is 44.3 cm³/mol. The topological polar surface area (TPSA) is 63.3 Å². The Hall–Kier alpha value is -0.570. The molecule has 0 fully saturated rings. The largest absolute Gasteiger partial charge is 0.480 e. The molecule has 3 nitrogen and oxygen atoms in total. The van der Waals surface area contributed by atoms with Gasteiger partial charge in [0.1, 0.15) is 6.04 Å². The molecule has 0 aromatic carbocycles. The Kier molecular flexibility index (Phi) is 3.52. The summed E-state index contributed by atoms with van der Waals surface area (Å²) in [5, 5.41) is 8.62. The van der Waals surface area contributed by atoms with Crippen molar-refractivity contribution in [3.63, 3.8) is 0 Å². The van der Waals surface area contributed by atoms with Crippen LogP contribution in [-0.2, 0) is 4.79 Å². The molecule has 66 valence electrons. The summed E-state index contributed by atoms with van der Waals surface area (Å²) in [6.45, 7) is 5.79. The highest BCUT2D eigenvalue weighted by Gasteiger charge is 2.30. The summed E-state index contributed by atoms with van der Waals surface area (Å²) >= 11 is 0. The molecule has 0 spiro atoms. The van der Waals surface area contributed by atoms with Crippen LogP contribution in [0, 0.1) is 5.41 Å². The molecule has 1 atom stereocenters. The predicted octanol–water partition coefficient (Wildman–Crippen LogP) is 1.22. The molecule has 0 heterocycles. The molecule has 0 radical (unpaired) electrons. The fourth-order valence-corrected chi connectivity index (χ4v) is 1.13. The first kappa shape index (κ1) is 10.4. The van der Waals surface area contributed by atoms with Crippen molar-refractivity contribution in [2.45, 2.75) is 39.7 Å². The van der Waals surface area contributed by atoms with Crippen LogP contribution >= 0.6 is 0 Å². The zero-order valence-electron chi connectivity index (χ0n) is 7.42. The van der Waals surface area contributed by atoms with Crippen LogP contribution in [0.3, 0.4) is 0 Å². The third-order valence-corrected chi connectivity index (χ3v) is 2.00. The van der Waals surface area contributed by atoms with Gasteiger partial charge in [-0.1, -0.05) is 27.2 Å². The lowest BCUT2D eigenvalue weighted by molar-refractivity contribution is -0.141. The van der Waals surface area contributed by atoms with E-state index in [1.165, 1.54) is 0 Å². The van der Waals surface area contributed by atoms with Crippen LogP contribution in [0.25, 0.3) is 0 Å². The van der Waals surface area contributed by atoms with Crippen molar-refractivity contribution in [3.8, 4) is 0 Å². The number of carboxylic acid groups (broad SMARTS) is 1. The number of nitrogens with two attached hydrogens (primary N) is 1. The van der Waals surface area contributed by atoms with E-state index in [0.717, 1.165) is 12.8 Å². The maximum atomic E-state index is 10.5. The smallest absolute Gasteiger partial charge is 0.321 e. The highest BCUT2D eigenvalue weighted by atomic mass is 16.4. The van der Waals surface area contributed by atoms with Gasteiger partial charge in [0.05, 0.1) is 0 Å². The molecule has 11 heavy (non-hydrogen) atoms. The zero-order valence-corrected chi connectivity index (χ0v) is 7.42. The Balaban J connectivity index is 4.16. The number of rotatable bonds is 4. The normalized spacial score (nSPS) is 14.5. The number of carboxylic acids is 1. The Morgan fingerprint density at radius 3 is 2.36 bits per heavy atom. The first-order valence-electron chi connectivity index (χ1n) is 3.90. The van der Waals surface area contributed by atoms with Crippen molar-refractivity contribution >= 4 is 5.97 Å². The third kappa shape index (κ3) is 2.89. The standard InChI is InChI=1S/C8H17NO2/c1-4-5-8(2,3)6(9)7(10)11/h6H,4-5,9H2,1-3H3,(H,10,11). The van der Waals surface area contributed by atoms with E-state index in [0.29, 0.717) is 0 Å². The van der Waals surface area contributed by atoms with Gasteiger partial charge >= 0.3 is 5.97 Å². The van der Waals surface area contributed by atoms with Crippen LogP contribution in [0.2, 0.25) is 0 Å². The molecule has 3 heteroatoms. The van der Waals surface area contributed by atoms with Crippen molar-refractivity contribution in [1.82, 2.24) is 0 Å². The van der Waals surface area contributed by atoms with Crippen molar-refractivity contribution in [3.05, 3.63) is 0 Å². The van der Waals surface area contributed by atoms with Gasteiger partial charge in [-0.15, -0.1) is 0 Å².